The first-order chi connectivity index (χ1) is 15.5. The van der Waals surface area contributed by atoms with E-state index in [2.05, 4.69) is 20.9 Å². The number of fused-ring (bicyclic) bond motifs is 4. The van der Waals surface area contributed by atoms with Crippen LogP contribution in [0.5, 0.6) is 0 Å². The van der Waals surface area contributed by atoms with Crippen LogP contribution in [-0.2, 0) is 0 Å². The number of hydrogen-bond donors (Lipinski definition) is 3. The number of urea groups is 1. The van der Waals surface area contributed by atoms with Gasteiger partial charge in [0.1, 0.15) is 0 Å². The third-order valence-corrected chi connectivity index (χ3v) is 7.72. The fraction of sp³-hybridized carbons (Fsp3) is 0.360. The molecule has 3 aromatic rings. The molecule has 3 fully saturated rings. The summed E-state index contributed by atoms with van der Waals surface area (Å²) in [6.07, 6.45) is 2.36. The fourth-order valence-electron chi connectivity index (χ4n) is 4.78. The zero-order valence-corrected chi connectivity index (χ0v) is 20.2. The number of nitrogens with one attached hydrogen (secondary N) is 3. The molecule has 33 heavy (non-hydrogen) atoms. The normalized spacial score (nSPS) is 22.3. The summed E-state index contributed by atoms with van der Waals surface area (Å²) in [5, 5.41) is 10.1. The van der Waals surface area contributed by atoms with Gasteiger partial charge in [-0.3, -0.25) is 4.79 Å². The molecule has 2 bridgehead atoms. The quantitative estimate of drug-likeness (QED) is 0.475. The molecule has 0 saturated carbocycles. The maximum Gasteiger partial charge on any atom is 0.319 e. The maximum atomic E-state index is 12.9. The lowest BCUT2D eigenvalue weighted by Crippen LogP contribution is -2.57. The minimum Gasteiger partial charge on any atom is -0.347 e. The summed E-state index contributed by atoms with van der Waals surface area (Å²) in [5.41, 5.74) is 1.76. The van der Waals surface area contributed by atoms with Crippen molar-refractivity contribution in [3.8, 4) is 0 Å². The van der Waals surface area contributed by atoms with Gasteiger partial charge in [0.2, 0.25) is 0 Å². The summed E-state index contributed by atoms with van der Waals surface area (Å²) >= 11 is 1.47. The number of piperidine rings is 3. The van der Waals surface area contributed by atoms with Gasteiger partial charge in [0.25, 0.3) is 5.91 Å². The summed E-state index contributed by atoms with van der Waals surface area (Å²) in [7, 11) is 0. The van der Waals surface area contributed by atoms with Crippen molar-refractivity contribution in [1.29, 1.82) is 0 Å². The number of rotatable bonds is 5. The summed E-state index contributed by atoms with van der Waals surface area (Å²) in [4.78, 5) is 28.5. The van der Waals surface area contributed by atoms with E-state index in [1.54, 1.807) is 0 Å². The molecule has 0 radical (unpaired) electrons. The van der Waals surface area contributed by atoms with Gasteiger partial charge in [-0.25, -0.2) is 4.79 Å². The van der Waals surface area contributed by atoms with Crippen LogP contribution in [0.2, 0.25) is 0 Å². The molecule has 3 aliphatic heterocycles. The van der Waals surface area contributed by atoms with Crippen LogP contribution in [0.1, 0.15) is 41.0 Å². The lowest BCUT2D eigenvalue weighted by atomic mass is 9.84. The van der Waals surface area contributed by atoms with Crippen LogP contribution < -0.4 is 16.0 Å². The second-order valence-electron chi connectivity index (χ2n) is 8.81. The molecule has 0 aliphatic carbocycles. The third-order valence-electron chi connectivity index (χ3n) is 6.62. The monoisotopic (exact) mass is 484 g/mol. The van der Waals surface area contributed by atoms with Gasteiger partial charge in [-0.2, -0.15) is 0 Å². The summed E-state index contributed by atoms with van der Waals surface area (Å²) in [6, 6.07) is 17.5. The topological polar surface area (TPSA) is 73.5 Å². The Kier molecular flexibility index (Phi) is 7.22. The zero-order chi connectivity index (χ0) is 22.1. The van der Waals surface area contributed by atoms with Crippen molar-refractivity contribution in [3.63, 3.8) is 0 Å². The molecule has 3 saturated heterocycles. The number of nitrogens with zero attached hydrogens (tertiary/aromatic N) is 1. The van der Waals surface area contributed by atoms with Crippen LogP contribution in [0.4, 0.5) is 10.5 Å². The van der Waals surface area contributed by atoms with Crippen molar-refractivity contribution in [2.24, 2.45) is 5.92 Å². The van der Waals surface area contributed by atoms with Crippen molar-refractivity contribution < 1.29 is 9.59 Å². The minimum atomic E-state index is -0.252. The van der Waals surface area contributed by atoms with Crippen LogP contribution in [0.25, 0.3) is 10.1 Å². The average molecular weight is 485 g/mol. The molecule has 3 amide bonds. The SMILES string of the molecule is C[C@H](NC(=O)Nc1ccc2cc(C(=O)N[C@H]3CN4CCC3CC4)sc2c1)c1ccccc1.Cl. The Morgan fingerprint density at radius 3 is 2.52 bits per heavy atom. The second kappa shape index (κ2) is 10.1. The Morgan fingerprint density at radius 1 is 1.06 bits per heavy atom. The van der Waals surface area contributed by atoms with E-state index in [-0.39, 0.29) is 36.4 Å². The number of carbonyl (C=O) groups is 2. The molecule has 0 spiro atoms. The molecule has 8 heteroatoms. The number of anilines is 1. The molecule has 0 unspecified atom stereocenters. The predicted molar refractivity (Wildman–Crippen MR) is 137 cm³/mol. The molecular formula is C25H29ClN4O2S. The molecule has 1 aromatic heterocycles. The van der Waals surface area contributed by atoms with Gasteiger partial charge in [-0.05, 0) is 67.9 Å². The number of halogens is 1. The van der Waals surface area contributed by atoms with Gasteiger partial charge in [0, 0.05) is 23.0 Å². The Hall–Kier alpha value is -2.61. The zero-order valence-electron chi connectivity index (χ0n) is 18.5. The average Bonchev–Trinajstić information content (AvgIpc) is 3.24. The first-order valence-electron chi connectivity index (χ1n) is 11.2. The first-order valence-corrected chi connectivity index (χ1v) is 12.1. The molecule has 2 atom stereocenters. The highest BCUT2D eigenvalue weighted by Gasteiger charge is 2.35. The number of hydrogen-bond acceptors (Lipinski definition) is 4. The van der Waals surface area contributed by atoms with Crippen molar-refractivity contribution in [2.45, 2.75) is 31.8 Å². The van der Waals surface area contributed by atoms with E-state index in [0.29, 0.717) is 11.6 Å². The summed E-state index contributed by atoms with van der Waals surface area (Å²) in [5.74, 6) is 0.611. The minimum absolute atomic E-state index is 0. The van der Waals surface area contributed by atoms with Crippen LogP contribution in [0, 0.1) is 5.92 Å². The largest absolute Gasteiger partial charge is 0.347 e. The van der Waals surface area contributed by atoms with Crippen molar-refractivity contribution >= 4 is 51.5 Å². The molecular weight excluding hydrogens is 456 g/mol. The van der Waals surface area contributed by atoms with E-state index in [0.717, 1.165) is 40.2 Å². The Bertz CT molecular complexity index is 1130. The van der Waals surface area contributed by atoms with Crippen LogP contribution >= 0.6 is 23.7 Å². The smallest absolute Gasteiger partial charge is 0.319 e. The highest BCUT2D eigenvalue weighted by atomic mass is 35.5. The first kappa shape index (κ1) is 23.5. The lowest BCUT2D eigenvalue weighted by molar-refractivity contribution is 0.0622. The number of benzene rings is 2. The standard InChI is InChI=1S/C25H28N4O2S.ClH/c1-16(17-5-3-2-4-6-17)26-25(31)27-20-8-7-19-13-23(32-22(19)14-20)24(30)28-21-15-29-11-9-18(21)10-12-29;/h2-8,13-14,16,18,21H,9-12,15H2,1H3,(H,28,30)(H2,26,27,31);1H/t16-,21-;/m0./s1. The molecule has 6 nitrogen and oxygen atoms in total. The fourth-order valence-corrected chi connectivity index (χ4v) is 5.78. The Labute approximate surface area is 204 Å². The summed E-state index contributed by atoms with van der Waals surface area (Å²) in [6.45, 7) is 5.24. The highest BCUT2D eigenvalue weighted by molar-refractivity contribution is 7.20. The molecule has 2 aromatic carbocycles. The van der Waals surface area contributed by atoms with Gasteiger partial charge < -0.3 is 20.9 Å². The summed E-state index contributed by atoms with van der Waals surface area (Å²) < 4.78 is 0.984. The van der Waals surface area contributed by atoms with E-state index < -0.39 is 0 Å². The Balaban J connectivity index is 0.00000259. The van der Waals surface area contributed by atoms with Gasteiger partial charge >= 0.3 is 6.03 Å². The molecule has 174 valence electrons. The van der Waals surface area contributed by atoms with Gasteiger partial charge in [-0.1, -0.05) is 36.4 Å². The van der Waals surface area contributed by atoms with Gasteiger partial charge in [0.05, 0.1) is 10.9 Å². The van der Waals surface area contributed by atoms with E-state index in [1.165, 1.54) is 24.2 Å². The molecule has 4 heterocycles. The second-order valence-corrected chi connectivity index (χ2v) is 9.90. The molecule has 6 rings (SSSR count). The van der Waals surface area contributed by atoms with Crippen LogP contribution in [0.15, 0.2) is 54.6 Å². The van der Waals surface area contributed by atoms with Crippen molar-refractivity contribution in [2.75, 3.05) is 25.0 Å². The maximum absolute atomic E-state index is 12.9. The number of amides is 3. The van der Waals surface area contributed by atoms with E-state index in [4.69, 9.17) is 0 Å². The molecule has 3 aliphatic rings. The van der Waals surface area contributed by atoms with E-state index >= 15 is 0 Å². The van der Waals surface area contributed by atoms with Crippen LogP contribution in [0.3, 0.4) is 0 Å². The van der Waals surface area contributed by atoms with Crippen molar-refractivity contribution in [1.82, 2.24) is 15.5 Å². The lowest BCUT2D eigenvalue weighted by Gasteiger charge is -2.44. The number of carbonyl (C=O) groups excluding carboxylic acids is 2. The third kappa shape index (κ3) is 5.32. The van der Waals surface area contributed by atoms with Gasteiger partial charge in [-0.15, -0.1) is 23.7 Å². The van der Waals surface area contributed by atoms with E-state index in [1.807, 2.05) is 61.5 Å². The van der Waals surface area contributed by atoms with Crippen LogP contribution in [-0.4, -0.2) is 42.5 Å². The predicted octanol–water partition coefficient (Wildman–Crippen LogP) is 5.03. The highest BCUT2D eigenvalue weighted by Crippen LogP contribution is 2.30. The van der Waals surface area contributed by atoms with Gasteiger partial charge in [0.15, 0.2) is 0 Å². The molecule has 3 N–H and O–H groups in total. The Morgan fingerprint density at radius 2 is 1.82 bits per heavy atom. The van der Waals surface area contributed by atoms with E-state index in [9.17, 15) is 9.59 Å². The van der Waals surface area contributed by atoms with Crippen molar-refractivity contribution in [3.05, 3.63) is 65.0 Å². The number of thiophene rings is 1.